The minimum Gasteiger partial charge on any atom is -0.300 e. The average Bonchev–Trinajstić information content (AvgIpc) is 3.33. The summed E-state index contributed by atoms with van der Waals surface area (Å²) in [5.41, 5.74) is 0.806. The molecule has 1 aliphatic carbocycles. The van der Waals surface area contributed by atoms with Gasteiger partial charge in [0.15, 0.2) is 5.13 Å². The van der Waals surface area contributed by atoms with Gasteiger partial charge in [-0.3, -0.25) is 19.3 Å². The highest BCUT2D eigenvalue weighted by Crippen LogP contribution is 2.35. The van der Waals surface area contributed by atoms with Gasteiger partial charge in [0.25, 0.3) is 0 Å². The van der Waals surface area contributed by atoms with Crippen molar-refractivity contribution >= 4 is 45.5 Å². The summed E-state index contributed by atoms with van der Waals surface area (Å²) in [6.45, 7) is -0.251. The first kappa shape index (κ1) is 16.2. The predicted molar refractivity (Wildman–Crippen MR) is 96.1 cm³/mol. The third kappa shape index (κ3) is 3.03. The molecule has 2 aromatic rings. The van der Waals surface area contributed by atoms with E-state index in [1.54, 1.807) is 11.3 Å². The van der Waals surface area contributed by atoms with Crippen LogP contribution in [0.15, 0.2) is 35.0 Å². The Labute approximate surface area is 152 Å². The molecule has 0 aromatic carbocycles. The Morgan fingerprint density at radius 3 is 2.56 bits per heavy atom. The lowest BCUT2D eigenvalue weighted by Crippen LogP contribution is -2.38. The Balaban J connectivity index is 1.41. The molecule has 128 valence electrons. The van der Waals surface area contributed by atoms with Crippen molar-refractivity contribution in [2.24, 2.45) is 11.8 Å². The number of thiophene rings is 1. The normalized spacial score (nSPS) is 22.3. The van der Waals surface area contributed by atoms with Crippen molar-refractivity contribution in [3.63, 3.8) is 0 Å². The van der Waals surface area contributed by atoms with E-state index >= 15 is 0 Å². The first-order chi connectivity index (χ1) is 12.1. The first-order valence-corrected chi connectivity index (χ1v) is 9.69. The Morgan fingerprint density at radius 2 is 1.92 bits per heavy atom. The van der Waals surface area contributed by atoms with Gasteiger partial charge in [0.2, 0.25) is 17.7 Å². The van der Waals surface area contributed by atoms with E-state index in [1.165, 1.54) is 11.3 Å². The van der Waals surface area contributed by atoms with Crippen molar-refractivity contribution < 1.29 is 14.4 Å². The molecule has 0 saturated carbocycles. The number of hydrogen-bond acceptors (Lipinski definition) is 6. The monoisotopic (exact) mass is 373 g/mol. The summed E-state index contributed by atoms with van der Waals surface area (Å²) in [6.07, 6.45) is 5.00. The summed E-state index contributed by atoms with van der Waals surface area (Å²) < 4.78 is 0. The molecule has 1 aliphatic heterocycles. The molecule has 2 aromatic heterocycles. The molecule has 3 amide bonds. The maximum Gasteiger partial charge on any atom is 0.246 e. The second-order valence-electron chi connectivity index (χ2n) is 5.98. The molecular formula is C17H15N3O3S2. The number of allylic oxidation sites excluding steroid dienone is 2. The van der Waals surface area contributed by atoms with Crippen LogP contribution in [0.4, 0.5) is 5.13 Å². The van der Waals surface area contributed by atoms with Crippen molar-refractivity contribution in [2.75, 3.05) is 11.9 Å². The molecule has 0 unspecified atom stereocenters. The number of rotatable bonds is 4. The summed E-state index contributed by atoms with van der Waals surface area (Å²) in [6, 6.07) is 3.90. The lowest BCUT2D eigenvalue weighted by Gasteiger charge is -2.14. The molecule has 1 fully saturated rings. The van der Waals surface area contributed by atoms with Crippen molar-refractivity contribution in [1.82, 2.24) is 9.88 Å². The number of anilines is 1. The summed E-state index contributed by atoms with van der Waals surface area (Å²) in [5.74, 6) is -1.51. The van der Waals surface area contributed by atoms with E-state index in [0.29, 0.717) is 18.0 Å². The second kappa shape index (κ2) is 6.53. The van der Waals surface area contributed by atoms with E-state index in [1.807, 2.05) is 35.0 Å². The number of hydrogen-bond donors (Lipinski definition) is 1. The van der Waals surface area contributed by atoms with Crippen LogP contribution in [0.5, 0.6) is 0 Å². The molecule has 1 saturated heterocycles. The van der Waals surface area contributed by atoms with Crippen molar-refractivity contribution in [3.05, 3.63) is 35.0 Å². The molecule has 3 heterocycles. The van der Waals surface area contributed by atoms with Gasteiger partial charge in [-0.15, -0.1) is 22.7 Å². The third-order valence-corrected chi connectivity index (χ3v) is 6.07. The van der Waals surface area contributed by atoms with E-state index in [4.69, 9.17) is 0 Å². The number of fused-ring (bicyclic) bond motifs is 1. The summed E-state index contributed by atoms with van der Waals surface area (Å²) >= 11 is 2.90. The highest BCUT2D eigenvalue weighted by atomic mass is 32.1. The van der Waals surface area contributed by atoms with Gasteiger partial charge in [0.1, 0.15) is 6.54 Å². The average molecular weight is 373 g/mol. The predicted octanol–water partition coefficient (Wildman–Crippen LogP) is 2.76. The molecular weight excluding hydrogens is 358 g/mol. The smallest absolute Gasteiger partial charge is 0.246 e. The summed E-state index contributed by atoms with van der Waals surface area (Å²) in [5, 5.41) is 6.98. The van der Waals surface area contributed by atoms with Gasteiger partial charge in [-0.25, -0.2) is 4.98 Å². The van der Waals surface area contributed by atoms with E-state index in [2.05, 4.69) is 10.3 Å². The van der Waals surface area contributed by atoms with Crippen LogP contribution in [-0.4, -0.2) is 34.2 Å². The quantitative estimate of drug-likeness (QED) is 0.660. The maximum atomic E-state index is 12.4. The van der Waals surface area contributed by atoms with Crippen LogP contribution >= 0.6 is 22.7 Å². The van der Waals surface area contributed by atoms with Gasteiger partial charge in [0, 0.05) is 5.38 Å². The van der Waals surface area contributed by atoms with Gasteiger partial charge in [-0.2, -0.15) is 0 Å². The third-order valence-electron chi connectivity index (χ3n) is 4.42. The molecule has 8 heteroatoms. The van der Waals surface area contributed by atoms with Crippen molar-refractivity contribution in [3.8, 4) is 10.6 Å². The first-order valence-electron chi connectivity index (χ1n) is 7.93. The van der Waals surface area contributed by atoms with Crippen LogP contribution in [0, 0.1) is 11.8 Å². The Hall–Kier alpha value is -2.32. The summed E-state index contributed by atoms with van der Waals surface area (Å²) in [4.78, 5) is 43.5. The Bertz CT molecular complexity index is 830. The SMILES string of the molecule is O=C(CN1C(=O)[C@@H]2CC=CC[C@H]2C1=O)Nc1nc(-c2cccs2)cs1. The van der Waals surface area contributed by atoms with E-state index in [9.17, 15) is 14.4 Å². The number of amides is 3. The number of imide groups is 1. The highest BCUT2D eigenvalue weighted by molar-refractivity contribution is 7.16. The second-order valence-corrected chi connectivity index (χ2v) is 7.79. The zero-order chi connectivity index (χ0) is 17.4. The highest BCUT2D eigenvalue weighted by Gasteiger charge is 2.47. The Kier molecular flexibility index (Phi) is 4.22. The molecule has 1 N–H and O–H groups in total. The number of nitrogens with one attached hydrogen (secondary N) is 1. The summed E-state index contributed by atoms with van der Waals surface area (Å²) in [7, 11) is 0. The van der Waals surface area contributed by atoms with Gasteiger partial charge < -0.3 is 5.32 Å². The van der Waals surface area contributed by atoms with Gasteiger partial charge in [-0.05, 0) is 24.3 Å². The van der Waals surface area contributed by atoms with Crippen LogP contribution in [0.3, 0.4) is 0 Å². The van der Waals surface area contributed by atoms with E-state index < -0.39 is 5.91 Å². The van der Waals surface area contributed by atoms with E-state index in [0.717, 1.165) is 15.5 Å². The standard InChI is InChI=1S/C17H15N3O3S2/c21-14(19-17-18-12(9-25-17)13-6-3-7-24-13)8-20-15(22)10-4-1-2-5-11(10)16(20)23/h1-3,6-7,9-11H,4-5,8H2,(H,18,19,21)/t10-,11-/m1/s1. The van der Waals surface area contributed by atoms with Crippen LogP contribution in [0.25, 0.3) is 10.6 Å². The molecule has 25 heavy (non-hydrogen) atoms. The van der Waals surface area contributed by atoms with Gasteiger partial charge >= 0.3 is 0 Å². The van der Waals surface area contributed by atoms with Crippen LogP contribution in [-0.2, 0) is 14.4 Å². The molecule has 0 bridgehead atoms. The molecule has 0 spiro atoms. The fourth-order valence-electron chi connectivity index (χ4n) is 3.20. The molecule has 4 rings (SSSR count). The van der Waals surface area contributed by atoms with E-state index in [-0.39, 0.29) is 30.2 Å². The number of carbonyl (C=O) groups excluding carboxylic acids is 3. The lowest BCUT2D eigenvalue weighted by molar-refractivity contribution is -0.142. The van der Waals surface area contributed by atoms with Gasteiger partial charge in [-0.1, -0.05) is 18.2 Å². The zero-order valence-corrected chi connectivity index (χ0v) is 14.8. The largest absolute Gasteiger partial charge is 0.300 e. The topological polar surface area (TPSA) is 79.4 Å². The zero-order valence-electron chi connectivity index (χ0n) is 13.2. The molecule has 2 aliphatic rings. The minimum absolute atomic E-state index is 0.243. The van der Waals surface area contributed by atoms with Crippen molar-refractivity contribution in [1.29, 1.82) is 0 Å². The minimum atomic E-state index is -0.402. The van der Waals surface area contributed by atoms with Crippen molar-refractivity contribution in [2.45, 2.75) is 12.8 Å². The molecule has 2 atom stereocenters. The number of likely N-dealkylation sites (tertiary alicyclic amines) is 1. The number of aromatic nitrogens is 1. The lowest BCUT2D eigenvalue weighted by atomic mass is 9.85. The fourth-order valence-corrected chi connectivity index (χ4v) is 4.68. The van der Waals surface area contributed by atoms with Gasteiger partial charge in [0.05, 0.1) is 22.4 Å². The van der Waals surface area contributed by atoms with Crippen LogP contribution < -0.4 is 5.32 Å². The molecule has 0 radical (unpaired) electrons. The maximum absolute atomic E-state index is 12.4. The van der Waals surface area contributed by atoms with Crippen LogP contribution in [0.1, 0.15) is 12.8 Å². The Morgan fingerprint density at radius 1 is 1.20 bits per heavy atom. The number of thiazole rings is 1. The fraction of sp³-hybridized carbons (Fsp3) is 0.294. The number of nitrogens with zero attached hydrogens (tertiary/aromatic N) is 2. The molecule has 6 nitrogen and oxygen atoms in total. The van der Waals surface area contributed by atoms with Crippen LogP contribution in [0.2, 0.25) is 0 Å². The number of carbonyl (C=O) groups is 3.